The van der Waals surface area contributed by atoms with Gasteiger partial charge in [-0.3, -0.25) is 4.79 Å². The molecule has 0 bridgehead atoms. The highest BCUT2D eigenvalue weighted by Gasteiger charge is 2.28. The Morgan fingerprint density at radius 2 is 2.00 bits per heavy atom. The van der Waals surface area contributed by atoms with Gasteiger partial charge in [-0.05, 0) is 48.1 Å². The molecule has 4 heteroatoms. The average Bonchev–Trinajstić information content (AvgIpc) is 2.36. The first kappa shape index (κ1) is 12.9. The molecule has 20 heavy (non-hydrogen) atoms. The van der Waals surface area contributed by atoms with Gasteiger partial charge in [0, 0.05) is 11.8 Å². The Morgan fingerprint density at radius 1 is 1.25 bits per heavy atom. The van der Waals surface area contributed by atoms with E-state index >= 15 is 0 Å². The summed E-state index contributed by atoms with van der Waals surface area (Å²) in [5, 5.41) is 21.7. The monoisotopic (exact) mass is 272 g/mol. The fraction of sp³-hybridized carbons (Fsp3) is 0.312. The normalized spacial score (nSPS) is 18.1. The van der Waals surface area contributed by atoms with E-state index in [2.05, 4.69) is 0 Å². The van der Waals surface area contributed by atoms with Crippen LogP contribution >= 0.6 is 0 Å². The molecule has 0 spiro atoms. The predicted octanol–water partition coefficient (Wildman–Crippen LogP) is 2.35. The number of aliphatic hydroxyl groups is 1. The SMILES string of the molecule is COc1cc(C)c2c(O)c3c(cc2c1)CC(O)CC3=O. The molecule has 0 heterocycles. The van der Waals surface area contributed by atoms with E-state index in [0.717, 1.165) is 10.9 Å². The van der Waals surface area contributed by atoms with Crippen molar-refractivity contribution in [1.29, 1.82) is 0 Å². The van der Waals surface area contributed by atoms with Gasteiger partial charge in [-0.1, -0.05) is 0 Å². The van der Waals surface area contributed by atoms with Crippen LogP contribution in [-0.4, -0.2) is 29.2 Å². The first-order chi connectivity index (χ1) is 9.51. The fourth-order valence-corrected chi connectivity index (χ4v) is 2.99. The second-order valence-electron chi connectivity index (χ2n) is 5.29. The Labute approximate surface area is 116 Å². The number of hydrogen-bond acceptors (Lipinski definition) is 4. The summed E-state index contributed by atoms with van der Waals surface area (Å²) in [6.45, 7) is 1.87. The minimum atomic E-state index is -0.668. The average molecular weight is 272 g/mol. The highest BCUT2D eigenvalue weighted by molar-refractivity contribution is 6.08. The minimum absolute atomic E-state index is 0.0227. The van der Waals surface area contributed by atoms with Crippen molar-refractivity contribution in [3.05, 3.63) is 34.9 Å². The van der Waals surface area contributed by atoms with Gasteiger partial charge in [0.2, 0.25) is 0 Å². The number of carbonyl (C=O) groups is 1. The molecular weight excluding hydrogens is 256 g/mol. The molecule has 0 radical (unpaired) electrons. The number of methoxy groups -OCH3 is 1. The molecule has 4 nitrogen and oxygen atoms in total. The Hall–Kier alpha value is -2.07. The van der Waals surface area contributed by atoms with Crippen molar-refractivity contribution >= 4 is 16.6 Å². The second kappa shape index (κ2) is 4.49. The molecule has 104 valence electrons. The van der Waals surface area contributed by atoms with E-state index in [1.165, 1.54) is 0 Å². The van der Waals surface area contributed by atoms with Gasteiger partial charge in [0.25, 0.3) is 0 Å². The van der Waals surface area contributed by atoms with E-state index < -0.39 is 6.10 Å². The largest absolute Gasteiger partial charge is 0.507 e. The van der Waals surface area contributed by atoms with Crippen molar-refractivity contribution in [2.75, 3.05) is 7.11 Å². The number of aliphatic hydroxyl groups excluding tert-OH is 1. The smallest absolute Gasteiger partial charge is 0.169 e. The van der Waals surface area contributed by atoms with Gasteiger partial charge in [0.1, 0.15) is 11.5 Å². The lowest BCUT2D eigenvalue weighted by atomic mass is 9.85. The van der Waals surface area contributed by atoms with E-state index in [-0.39, 0.29) is 18.0 Å². The maximum atomic E-state index is 12.1. The number of hydrogen-bond donors (Lipinski definition) is 2. The Balaban J connectivity index is 2.36. The number of ketones is 1. The quantitative estimate of drug-likeness (QED) is 0.836. The third-order valence-corrected chi connectivity index (χ3v) is 3.86. The van der Waals surface area contributed by atoms with Gasteiger partial charge in [0.05, 0.1) is 18.8 Å². The van der Waals surface area contributed by atoms with Crippen molar-refractivity contribution in [3.63, 3.8) is 0 Å². The summed E-state index contributed by atoms with van der Waals surface area (Å²) in [5.74, 6) is 0.528. The first-order valence-electron chi connectivity index (χ1n) is 6.55. The minimum Gasteiger partial charge on any atom is -0.507 e. The van der Waals surface area contributed by atoms with Crippen LogP contribution in [0.4, 0.5) is 0 Å². The molecular formula is C16H16O4. The molecule has 0 amide bonds. The zero-order valence-electron chi connectivity index (χ0n) is 11.4. The zero-order valence-corrected chi connectivity index (χ0v) is 11.4. The molecule has 3 rings (SSSR count). The van der Waals surface area contributed by atoms with Crippen LogP contribution < -0.4 is 4.74 Å². The van der Waals surface area contributed by atoms with Crippen LogP contribution in [0, 0.1) is 6.92 Å². The van der Waals surface area contributed by atoms with Gasteiger partial charge < -0.3 is 14.9 Å². The van der Waals surface area contributed by atoms with E-state index in [1.54, 1.807) is 7.11 Å². The number of benzene rings is 2. The third kappa shape index (κ3) is 1.84. The maximum Gasteiger partial charge on any atom is 0.169 e. The number of fused-ring (bicyclic) bond motifs is 2. The van der Waals surface area contributed by atoms with Gasteiger partial charge in [-0.2, -0.15) is 0 Å². The summed E-state index contributed by atoms with van der Waals surface area (Å²) in [5.41, 5.74) is 1.92. The van der Waals surface area contributed by atoms with Crippen molar-refractivity contribution in [3.8, 4) is 11.5 Å². The summed E-state index contributed by atoms with van der Waals surface area (Å²) in [4.78, 5) is 12.1. The fourth-order valence-electron chi connectivity index (χ4n) is 2.99. The highest BCUT2D eigenvalue weighted by Crippen LogP contribution is 2.39. The Kier molecular flexibility index (Phi) is 2.91. The van der Waals surface area contributed by atoms with Crippen molar-refractivity contribution in [2.24, 2.45) is 0 Å². The number of aromatic hydroxyl groups is 1. The molecule has 1 aliphatic rings. The Bertz CT molecular complexity index is 718. The summed E-state index contributed by atoms with van der Waals surface area (Å²) in [6, 6.07) is 5.52. The van der Waals surface area contributed by atoms with Crippen LogP contribution in [0.25, 0.3) is 10.8 Å². The van der Waals surface area contributed by atoms with Crippen LogP contribution in [0.3, 0.4) is 0 Å². The van der Waals surface area contributed by atoms with Crippen LogP contribution in [0.2, 0.25) is 0 Å². The molecule has 2 aromatic rings. The molecule has 0 saturated heterocycles. The summed E-state index contributed by atoms with van der Waals surface area (Å²) < 4.78 is 5.23. The second-order valence-corrected chi connectivity index (χ2v) is 5.29. The third-order valence-electron chi connectivity index (χ3n) is 3.86. The van der Waals surface area contributed by atoms with Gasteiger partial charge in [0.15, 0.2) is 5.78 Å². The highest BCUT2D eigenvalue weighted by atomic mass is 16.5. The molecule has 0 fully saturated rings. The van der Waals surface area contributed by atoms with Crippen LogP contribution in [0.1, 0.15) is 27.9 Å². The van der Waals surface area contributed by atoms with Crippen molar-refractivity contribution in [2.45, 2.75) is 25.9 Å². The molecule has 0 saturated carbocycles. The number of rotatable bonds is 1. The lowest BCUT2D eigenvalue weighted by molar-refractivity contribution is 0.0850. The Morgan fingerprint density at radius 3 is 2.70 bits per heavy atom. The predicted molar refractivity (Wildman–Crippen MR) is 75.6 cm³/mol. The molecule has 0 aromatic heterocycles. The molecule has 1 unspecified atom stereocenters. The molecule has 1 aliphatic carbocycles. The lowest BCUT2D eigenvalue weighted by Gasteiger charge is -2.22. The van der Waals surface area contributed by atoms with E-state index in [1.807, 2.05) is 25.1 Å². The van der Waals surface area contributed by atoms with Crippen molar-refractivity contribution < 1.29 is 19.7 Å². The lowest BCUT2D eigenvalue weighted by Crippen LogP contribution is -2.24. The van der Waals surface area contributed by atoms with Gasteiger partial charge in [-0.25, -0.2) is 0 Å². The topological polar surface area (TPSA) is 66.8 Å². The zero-order chi connectivity index (χ0) is 14.4. The standard InChI is InChI=1S/C16H16O4/c1-8-3-12(20-2)6-10-4-9-5-11(17)7-13(18)15(9)16(19)14(8)10/h3-4,6,11,17,19H,5,7H2,1-2H3. The van der Waals surface area contributed by atoms with E-state index in [0.29, 0.717) is 28.7 Å². The van der Waals surface area contributed by atoms with Crippen LogP contribution in [0.5, 0.6) is 11.5 Å². The van der Waals surface area contributed by atoms with Gasteiger partial charge >= 0.3 is 0 Å². The summed E-state index contributed by atoms with van der Waals surface area (Å²) in [7, 11) is 1.59. The van der Waals surface area contributed by atoms with Crippen LogP contribution in [0.15, 0.2) is 18.2 Å². The van der Waals surface area contributed by atoms with E-state index in [4.69, 9.17) is 4.74 Å². The molecule has 1 atom stereocenters. The number of phenolic OH excluding ortho intramolecular Hbond substituents is 1. The number of Topliss-reactive ketones (excluding diaryl/α,β-unsaturated/α-hetero) is 1. The maximum absolute atomic E-state index is 12.1. The number of phenols is 1. The number of carbonyl (C=O) groups excluding carboxylic acids is 1. The molecule has 0 aliphatic heterocycles. The number of aryl methyl sites for hydroxylation is 1. The van der Waals surface area contributed by atoms with Crippen LogP contribution in [-0.2, 0) is 6.42 Å². The molecule has 2 aromatic carbocycles. The number of ether oxygens (including phenoxy) is 1. The summed E-state index contributed by atoms with van der Waals surface area (Å²) >= 11 is 0. The van der Waals surface area contributed by atoms with Gasteiger partial charge in [-0.15, -0.1) is 0 Å². The first-order valence-corrected chi connectivity index (χ1v) is 6.55. The summed E-state index contributed by atoms with van der Waals surface area (Å²) in [6.07, 6.45) is -0.208. The van der Waals surface area contributed by atoms with Crippen molar-refractivity contribution in [1.82, 2.24) is 0 Å². The molecule has 2 N–H and O–H groups in total. The van der Waals surface area contributed by atoms with E-state index in [9.17, 15) is 15.0 Å².